The zero-order valence-electron chi connectivity index (χ0n) is 22.0. The van der Waals surface area contributed by atoms with Gasteiger partial charge in [0.25, 0.3) is 0 Å². The van der Waals surface area contributed by atoms with Crippen LogP contribution >= 0.6 is 11.6 Å². The predicted octanol–water partition coefficient (Wildman–Crippen LogP) is 4.36. The van der Waals surface area contributed by atoms with Gasteiger partial charge < -0.3 is 20.1 Å². The number of rotatable bonds is 5. The maximum Gasteiger partial charge on any atom is 0.418 e. The Morgan fingerprint density at radius 2 is 1.90 bits per heavy atom. The highest BCUT2D eigenvalue weighted by atomic mass is 35.5. The van der Waals surface area contributed by atoms with Gasteiger partial charge in [-0.1, -0.05) is 11.6 Å². The standard InChI is InChI=1S/C27H28ClF4N7O2/c28-20-7-17(40)6-18(21(20)27(30,31)32)22-33-9-19-23(35-22)36-25(37-24(19)38-11-15-2-3-16(12-38)34-15)41-13-26-4-1-5-39(26)10-14(29)8-26/h6-7,9,14-16,34,40H,1-5,8,10-13H2/t14-,15?,16?,26+/m1/s1. The molecule has 218 valence electrons. The molecule has 9 nitrogen and oxygen atoms in total. The number of nitrogens with one attached hydrogen (secondary N) is 1. The second kappa shape index (κ2) is 9.77. The summed E-state index contributed by atoms with van der Waals surface area (Å²) in [6.07, 6.45) is -0.125. The van der Waals surface area contributed by atoms with Crippen LogP contribution in [0, 0.1) is 0 Å². The molecule has 7 rings (SSSR count). The summed E-state index contributed by atoms with van der Waals surface area (Å²) in [6.45, 7) is 2.75. The highest BCUT2D eigenvalue weighted by molar-refractivity contribution is 6.32. The monoisotopic (exact) mass is 593 g/mol. The molecule has 2 unspecified atom stereocenters. The largest absolute Gasteiger partial charge is 0.508 e. The first kappa shape index (κ1) is 26.8. The summed E-state index contributed by atoms with van der Waals surface area (Å²) >= 11 is 5.91. The molecule has 2 N–H and O–H groups in total. The van der Waals surface area contributed by atoms with Crippen LogP contribution in [0.15, 0.2) is 18.3 Å². The molecule has 14 heteroatoms. The average molecular weight is 594 g/mol. The van der Waals surface area contributed by atoms with Crippen LogP contribution < -0.4 is 15.0 Å². The van der Waals surface area contributed by atoms with Crippen LogP contribution in [0.5, 0.6) is 11.8 Å². The molecule has 0 spiro atoms. The summed E-state index contributed by atoms with van der Waals surface area (Å²) in [6, 6.07) is 2.37. The molecule has 2 bridgehead atoms. The molecule has 0 amide bonds. The molecule has 4 saturated heterocycles. The van der Waals surface area contributed by atoms with E-state index in [9.17, 15) is 22.7 Å². The summed E-state index contributed by atoms with van der Waals surface area (Å²) in [4.78, 5) is 22.1. The Kier molecular flexibility index (Phi) is 6.40. The minimum absolute atomic E-state index is 0.0246. The van der Waals surface area contributed by atoms with Crippen LogP contribution in [-0.4, -0.2) is 86.5 Å². The van der Waals surface area contributed by atoms with Crippen molar-refractivity contribution in [1.82, 2.24) is 30.2 Å². The minimum atomic E-state index is -4.81. The molecule has 4 aliphatic rings. The lowest BCUT2D eigenvalue weighted by atomic mass is 9.95. The third-order valence-electron chi connectivity index (χ3n) is 8.76. The highest BCUT2D eigenvalue weighted by Crippen LogP contribution is 2.44. The van der Waals surface area contributed by atoms with Crippen LogP contribution in [0.4, 0.5) is 23.4 Å². The van der Waals surface area contributed by atoms with Gasteiger partial charge in [0, 0.05) is 49.9 Å². The van der Waals surface area contributed by atoms with Crippen molar-refractivity contribution in [2.45, 2.75) is 62.1 Å². The van der Waals surface area contributed by atoms with Gasteiger partial charge in [-0.05, 0) is 44.4 Å². The lowest BCUT2D eigenvalue weighted by molar-refractivity contribution is -0.137. The van der Waals surface area contributed by atoms with Gasteiger partial charge in [0.2, 0.25) is 0 Å². The van der Waals surface area contributed by atoms with E-state index in [-0.39, 0.29) is 36.2 Å². The van der Waals surface area contributed by atoms with Crippen molar-refractivity contribution >= 4 is 28.5 Å². The summed E-state index contributed by atoms with van der Waals surface area (Å²) in [5, 5.41) is 13.4. The van der Waals surface area contributed by atoms with E-state index in [4.69, 9.17) is 21.3 Å². The molecule has 6 heterocycles. The number of phenols is 1. The summed E-state index contributed by atoms with van der Waals surface area (Å²) in [5.74, 6) is -0.209. The number of halogens is 5. The summed E-state index contributed by atoms with van der Waals surface area (Å²) < 4.78 is 62.4. The Balaban J connectivity index is 1.31. The minimum Gasteiger partial charge on any atom is -0.508 e. The second-order valence-corrected chi connectivity index (χ2v) is 11.9. The number of aromatic nitrogens is 4. The third kappa shape index (κ3) is 4.81. The number of hydrogen-bond acceptors (Lipinski definition) is 9. The van der Waals surface area contributed by atoms with Gasteiger partial charge in [-0.25, -0.2) is 14.4 Å². The molecular formula is C27H28ClF4N7O2. The van der Waals surface area contributed by atoms with Crippen LogP contribution in [0.1, 0.15) is 37.7 Å². The van der Waals surface area contributed by atoms with Gasteiger partial charge in [-0.15, -0.1) is 0 Å². The number of alkyl halides is 4. The number of hydrogen-bond donors (Lipinski definition) is 2. The van der Waals surface area contributed by atoms with Crippen molar-refractivity contribution < 1.29 is 27.4 Å². The topological polar surface area (TPSA) is 99.5 Å². The van der Waals surface area contributed by atoms with Crippen LogP contribution in [0.2, 0.25) is 5.02 Å². The van der Waals surface area contributed by atoms with E-state index in [1.165, 1.54) is 6.20 Å². The van der Waals surface area contributed by atoms with E-state index in [1.807, 2.05) is 0 Å². The van der Waals surface area contributed by atoms with Gasteiger partial charge in [0.05, 0.1) is 21.5 Å². The summed E-state index contributed by atoms with van der Waals surface area (Å²) in [7, 11) is 0. The first-order valence-electron chi connectivity index (χ1n) is 13.8. The fourth-order valence-electron chi connectivity index (χ4n) is 6.99. The van der Waals surface area contributed by atoms with E-state index in [1.54, 1.807) is 0 Å². The molecule has 3 aromatic rings. The predicted molar refractivity (Wildman–Crippen MR) is 143 cm³/mol. The maximum absolute atomic E-state index is 14.3. The highest BCUT2D eigenvalue weighted by Gasteiger charge is 2.49. The van der Waals surface area contributed by atoms with Crippen molar-refractivity contribution in [2.75, 3.05) is 37.7 Å². The van der Waals surface area contributed by atoms with Gasteiger partial charge >= 0.3 is 12.2 Å². The molecule has 4 aliphatic heterocycles. The molecule has 0 radical (unpaired) electrons. The molecule has 4 atom stereocenters. The van der Waals surface area contributed by atoms with Crippen LogP contribution in [0.25, 0.3) is 22.4 Å². The zero-order valence-corrected chi connectivity index (χ0v) is 22.7. The molecule has 1 aromatic carbocycles. The van der Waals surface area contributed by atoms with E-state index < -0.39 is 39.8 Å². The second-order valence-electron chi connectivity index (χ2n) is 11.5. The van der Waals surface area contributed by atoms with E-state index in [0.29, 0.717) is 37.3 Å². The van der Waals surface area contributed by atoms with Crippen molar-refractivity contribution in [1.29, 1.82) is 0 Å². The quantitative estimate of drug-likeness (QED) is 0.418. The van der Waals surface area contributed by atoms with E-state index in [2.05, 4.69) is 30.1 Å². The zero-order chi connectivity index (χ0) is 28.5. The number of fused-ring (bicyclic) bond motifs is 4. The van der Waals surface area contributed by atoms with Crippen LogP contribution in [0.3, 0.4) is 0 Å². The number of benzene rings is 1. The first-order valence-corrected chi connectivity index (χ1v) is 14.1. The molecule has 41 heavy (non-hydrogen) atoms. The number of anilines is 1. The first-order chi connectivity index (χ1) is 19.6. The number of ether oxygens (including phenoxy) is 1. The lowest BCUT2D eigenvalue weighted by Gasteiger charge is -2.34. The van der Waals surface area contributed by atoms with Crippen LogP contribution in [-0.2, 0) is 6.18 Å². The fourth-order valence-corrected chi connectivity index (χ4v) is 7.31. The van der Waals surface area contributed by atoms with Gasteiger partial charge in [0.15, 0.2) is 11.5 Å². The third-order valence-corrected chi connectivity index (χ3v) is 9.06. The summed E-state index contributed by atoms with van der Waals surface area (Å²) in [5.41, 5.74) is -1.94. The SMILES string of the molecule is Oc1cc(Cl)c(C(F)(F)F)c(-c2ncc3c(N4CC5CCC(C4)N5)nc(OC[C@@]45CCCN4C[C@H](F)C5)nc3n2)c1. The number of piperazine rings is 1. The Bertz CT molecular complexity index is 1500. The van der Waals surface area contributed by atoms with Crippen molar-refractivity contribution in [3.63, 3.8) is 0 Å². The Morgan fingerprint density at radius 3 is 2.66 bits per heavy atom. The number of nitrogens with zero attached hydrogens (tertiary/aromatic N) is 6. The normalized spacial score (nSPS) is 28.0. The van der Waals surface area contributed by atoms with E-state index in [0.717, 1.165) is 44.4 Å². The Morgan fingerprint density at radius 1 is 1.12 bits per heavy atom. The molecule has 0 saturated carbocycles. The maximum atomic E-state index is 14.3. The van der Waals surface area contributed by atoms with Gasteiger partial charge in [-0.3, -0.25) is 4.90 Å². The Labute approximate surface area is 237 Å². The number of aromatic hydroxyl groups is 1. The van der Waals surface area contributed by atoms with Crippen molar-refractivity contribution in [3.8, 4) is 23.1 Å². The molecule has 2 aromatic heterocycles. The molecule has 0 aliphatic carbocycles. The van der Waals surface area contributed by atoms with Crippen molar-refractivity contribution in [3.05, 3.63) is 28.9 Å². The molecular weight excluding hydrogens is 566 g/mol. The smallest absolute Gasteiger partial charge is 0.418 e. The fraction of sp³-hybridized carbons (Fsp3) is 0.556. The van der Waals surface area contributed by atoms with Crippen molar-refractivity contribution in [2.24, 2.45) is 0 Å². The Hall–Kier alpha value is -3.03. The lowest BCUT2D eigenvalue weighted by Crippen LogP contribution is -2.51. The van der Waals surface area contributed by atoms with Gasteiger partial charge in [0.1, 0.15) is 24.3 Å². The number of phenolic OH excluding ortho intramolecular Hbond substituents is 1. The van der Waals surface area contributed by atoms with E-state index >= 15 is 0 Å². The average Bonchev–Trinajstić information content (AvgIpc) is 3.55. The van der Waals surface area contributed by atoms with Gasteiger partial charge in [-0.2, -0.15) is 23.1 Å². The molecule has 4 fully saturated rings.